The van der Waals surface area contributed by atoms with Crippen LogP contribution in [0.4, 0.5) is 18.0 Å². The lowest BCUT2D eigenvalue weighted by atomic mass is 9.91. The molecule has 118 valence electrons. The third-order valence-corrected chi connectivity index (χ3v) is 3.62. The second-order valence-corrected chi connectivity index (χ2v) is 5.64. The Hall–Kier alpha value is -1.02. The van der Waals surface area contributed by atoms with E-state index in [9.17, 15) is 23.1 Å². The number of alkyl halides is 3. The average Bonchev–Trinajstić information content (AvgIpc) is 2.36. The SMILES string of the molecule is COC(C)(C)CNC(=O)N1CCC(O)(C(F)(F)F)CC1. The Morgan fingerprint density at radius 2 is 1.85 bits per heavy atom. The summed E-state index contributed by atoms with van der Waals surface area (Å²) in [5.41, 5.74) is -3.23. The molecule has 0 aromatic rings. The average molecular weight is 298 g/mol. The third kappa shape index (κ3) is 3.99. The zero-order valence-electron chi connectivity index (χ0n) is 11.9. The molecule has 2 N–H and O–H groups in total. The summed E-state index contributed by atoms with van der Waals surface area (Å²) in [7, 11) is 1.51. The van der Waals surface area contributed by atoms with Gasteiger partial charge in [-0.3, -0.25) is 0 Å². The van der Waals surface area contributed by atoms with Gasteiger partial charge in [-0.2, -0.15) is 13.2 Å². The summed E-state index contributed by atoms with van der Waals surface area (Å²) in [6, 6.07) is -0.445. The molecular weight excluding hydrogens is 277 g/mol. The van der Waals surface area contributed by atoms with Crippen molar-refractivity contribution in [1.29, 1.82) is 0 Å². The van der Waals surface area contributed by atoms with Crippen LogP contribution in [-0.4, -0.2) is 60.2 Å². The topological polar surface area (TPSA) is 61.8 Å². The van der Waals surface area contributed by atoms with Crippen LogP contribution >= 0.6 is 0 Å². The highest BCUT2D eigenvalue weighted by molar-refractivity contribution is 5.74. The minimum absolute atomic E-state index is 0.130. The van der Waals surface area contributed by atoms with Crippen molar-refractivity contribution in [1.82, 2.24) is 10.2 Å². The maximum atomic E-state index is 12.6. The molecule has 1 saturated heterocycles. The summed E-state index contributed by atoms with van der Waals surface area (Å²) in [4.78, 5) is 13.1. The normalized spacial score (nSPS) is 19.9. The van der Waals surface area contributed by atoms with E-state index in [0.717, 1.165) is 0 Å². The van der Waals surface area contributed by atoms with Crippen LogP contribution < -0.4 is 5.32 Å². The summed E-state index contributed by atoms with van der Waals surface area (Å²) in [5.74, 6) is 0. The van der Waals surface area contributed by atoms with E-state index in [4.69, 9.17) is 4.74 Å². The van der Waals surface area contributed by atoms with Gasteiger partial charge in [-0.1, -0.05) is 0 Å². The molecule has 20 heavy (non-hydrogen) atoms. The van der Waals surface area contributed by atoms with Crippen LogP contribution in [0.5, 0.6) is 0 Å². The van der Waals surface area contributed by atoms with Crippen LogP contribution in [-0.2, 0) is 4.74 Å². The van der Waals surface area contributed by atoms with E-state index in [1.807, 2.05) is 0 Å². The van der Waals surface area contributed by atoms with Gasteiger partial charge in [0.1, 0.15) is 0 Å². The number of piperidine rings is 1. The van der Waals surface area contributed by atoms with Gasteiger partial charge in [-0.15, -0.1) is 0 Å². The second kappa shape index (κ2) is 5.77. The van der Waals surface area contributed by atoms with Gasteiger partial charge < -0.3 is 20.1 Å². The van der Waals surface area contributed by atoms with Crippen molar-refractivity contribution in [2.24, 2.45) is 0 Å². The molecule has 5 nitrogen and oxygen atoms in total. The van der Waals surface area contributed by atoms with Crippen molar-refractivity contribution in [2.45, 2.75) is 44.1 Å². The fourth-order valence-electron chi connectivity index (χ4n) is 1.84. The molecule has 1 rings (SSSR count). The smallest absolute Gasteiger partial charge is 0.380 e. The molecule has 0 aliphatic carbocycles. The molecule has 0 saturated carbocycles. The monoisotopic (exact) mass is 298 g/mol. The zero-order chi connectivity index (χ0) is 15.6. The van der Waals surface area contributed by atoms with Crippen molar-refractivity contribution < 1.29 is 27.8 Å². The summed E-state index contributed by atoms with van der Waals surface area (Å²) in [6.45, 7) is 3.56. The van der Waals surface area contributed by atoms with E-state index in [-0.39, 0.29) is 19.6 Å². The molecule has 0 spiro atoms. The lowest BCUT2D eigenvalue weighted by Crippen LogP contribution is -2.56. The predicted molar refractivity (Wildman–Crippen MR) is 66.3 cm³/mol. The fraction of sp³-hybridized carbons (Fsp3) is 0.917. The van der Waals surface area contributed by atoms with Gasteiger partial charge in [0.15, 0.2) is 5.60 Å². The number of methoxy groups -OCH3 is 1. The Labute approximate surface area is 116 Å². The van der Waals surface area contributed by atoms with Gasteiger partial charge in [0.05, 0.1) is 5.60 Å². The number of amides is 2. The van der Waals surface area contributed by atoms with Crippen LogP contribution in [0, 0.1) is 0 Å². The number of likely N-dealkylation sites (tertiary alicyclic amines) is 1. The Bertz CT molecular complexity index is 350. The van der Waals surface area contributed by atoms with Crippen molar-refractivity contribution in [3.8, 4) is 0 Å². The molecule has 1 aliphatic heterocycles. The third-order valence-electron chi connectivity index (χ3n) is 3.62. The van der Waals surface area contributed by atoms with E-state index in [1.54, 1.807) is 13.8 Å². The molecule has 0 radical (unpaired) electrons. The van der Waals surface area contributed by atoms with Crippen LogP contribution in [0.15, 0.2) is 0 Å². The standard InChI is InChI=1S/C12H21F3N2O3/c1-10(2,20-3)8-16-9(18)17-6-4-11(19,5-7-17)12(13,14)15/h19H,4-8H2,1-3H3,(H,16,18). The summed E-state index contributed by atoms with van der Waals surface area (Å²) in [6.07, 6.45) is -5.66. The van der Waals surface area contributed by atoms with Crippen molar-refractivity contribution >= 4 is 6.03 Å². The molecule has 2 amide bonds. The number of nitrogens with one attached hydrogen (secondary N) is 1. The molecule has 1 heterocycles. The van der Waals surface area contributed by atoms with Crippen molar-refractivity contribution in [2.75, 3.05) is 26.7 Å². The van der Waals surface area contributed by atoms with E-state index >= 15 is 0 Å². The number of urea groups is 1. The van der Waals surface area contributed by atoms with E-state index in [0.29, 0.717) is 0 Å². The number of halogens is 3. The number of carbonyl (C=O) groups excluding carboxylic acids is 1. The molecular formula is C12H21F3N2O3. The zero-order valence-corrected chi connectivity index (χ0v) is 11.9. The first kappa shape index (κ1) is 17.0. The van der Waals surface area contributed by atoms with E-state index < -0.39 is 36.3 Å². The molecule has 0 bridgehead atoms. The number of ether oxygens (including phenoxy) is 1. The van der Waals surface area contributed by atoms with Gasteiger partial charge in [0, 0.05) is 39.6 Å². The first-order valence-electron chi connectivity index (χ1n) is 6.38. The van der Waals surface area contributed by atoms with E-state index in [2.05, 4.69) is 5.32 Å². The Kier molecular flexibility index (Phi) is 4.91. The highest BCUT2D eigenvalue weighted by atomic mass is 19.4. The van der Waals surface area contributed by atoms with Crippen LogP contribution in [0.1, 0.15) is 26.7 Å². The predicted octanol–water partition coefficient (Wildman–Crippen LogP) is 1.51. The lowest BCUT2D eigenvalue weighted by molar-refractivity contribution is -0.271. The number of hydrogen-bond donors (Lipinski definition) is 2. The number of nitrogens with zero attached hydrogens (tertiary/aromatic N) is 1. The fourth-order valence-corrected chi connectivity index (χ4v) is 1.84. The maximum absolute atomic E-state index is 12.6. The molecule has 8 heteroatoms. The van der Waals surface area contributed by atoms with Crippen LogP contribution in [0.25, 0.3) is 0 Å². The maximum Gasteiger partial charge on any atom is 0.417 e. The largest absolute Gasteiger partial charge is 0.417 e. The number of aliphatic hydroxyl groups is 1. The molecule has 1 aliphatic rings. The minimum Gasteiger partial charge on any atom is -0.380 e. The van der Waals surface area contributed by atoms with Gasteiger partial charge >= 0.3 is 12.2 Å². The van der Waals surface area contributed by atoms with Gasteiger partial charge in [0.25, 0.3) is 0 Å². The van der Waals surface area contributed by atoms with Crippen LogP contribution in [0.2, 0.25) is 0 Å². The van der Waals surface area contributed by atoms with Gasteiger partial charge in [-0.25, -0.2) is 4.79 Å². The Morgan fingerprint density at radius 1 is 1.35 bits per heavy atom. The van der Waals surface area contributed by atoms with E-state index in [1.165, 1.54) is 12.0 Å². The Balaban J connectivity index is 2.48. The Morgan fingerprint density at radius 3 is 2.25 bits per heavy atom. The minimum atomic E-state index is -4.66. The van der Waals surface area contributed by atoms with Gasteiger partial charge in [0.2, 0.25) is 0 Å². The first-order valence-corrected chi connectivity index (χ1v) is 6.38. The lowest BCUT2D eigenvalue weighted by Gasteiger charge is -2.39. The second-order valence-electron chi connectivity index (χ2n) is 5.64. The molecule has 0 atom stereocenters. The molecule has 1 fully saturated rings. The van der Waals surface area contributed by atoms with Crippen LogP contribution in [0.3, 0.4) is 0 Å². The number of carbonyl (C=O) groups is 1. The summed E-state index contributed by atoms with van der Waals surface area (Å²) < 4.78 is 43.0. The van der Waals surface area contributed by atoms with Gasteiger partial charge in [-0.05, 0) is 13.8 Å². The van der Waals surface area contributed by atoms with Crippen molar-refractivity contribution in [3.05, 3.63) is 0 Å². The molecule has 0 unspecified atom stereocenters. The molecule has 0 aromatic heterocycles. The quantitative estimate of drug-likeness (QED) is 0.830. The highest BCUT2D eigenvalue weighted by Gasteiger charge is 2.54. The first-order chi connectivity index (χ1) is 9.01. The summed E-state index contributed by atoms with van der Waals surface area (Å²) in [5, 5.41) is 12.1. The number of rotatable bonds is 3. The van der Waals surface area contributed by atoms with Crippen molar-refractivity contribution in [3.63, 3.8) is 0 Å². The number of hydrogen-bond acceptors (Lipinski definition) is 3. The molecule has 0 aromatic carbocycles. The highest BCUT2D eigenvalue weighted by Crippen LogP contribution is 2.38. The summed E-state index contributed by atoms with van der Waals surface area (Å²) >= 11 is 0.